The Hall–Kier alpha value is -2.47. The smallest absolute Gasteiger partial charge is 0.257 e. The summed E-state index contributed by atoms with van der Waals surface area (Å²) in [7, 11) is 0. The van der Waals surface area contributed by atoms with Crippen molar-refractivity contribution in [2.75, 3.05) is 5.32 Å². The van der Waals surface area contributed by atoms with Gasteiger partial charge in [-0.15, -0.1) is 11.3 Å². The molecule has 0 unspecified atom stereocenters. The number of thiazole rings is 1. The van der Waals surface area contributed by atoms with E-state index in [1.807, 2.05) is 55.1 Å². The summed E-state index contributed by atoms with van der Waals surface area (Å²) in [5.41, 5.74) is 2.67. The van der Waals surface area contributed by atoms with Gasteiger partial charge < -0.3 is 0 Å². The van der Waals surface area contributed by atoms with Gasteiger partial charge in [0.05, 0.1) is 12.2 Å². The maximum atomic E-state index is 12.2. The average Bonchev–Trinajstić information content (AvgIpc) is 3.10. The van der Waals surface area contributed by atoms with E-state index in [1.165, 1.54) is 11.3 Å². The van der Waals surface area contributed by atoms with Crippen molar-refractivity contribution < 1.29 is 4.79 Å². The van der Waals surface area contributed by atoms with Crippen molar-refractivity contribution in [2.45, 2.75) is 20.4 Å². The topological polar surface area (TPSA) is 59.8 Å². The van der Waals surface area contributed by atoms with Gasteiger partial charge in [-0.05, 0) is 37.6 Å². The first-order valence-electron chi connectivity index (χ1n) is 6.93. The van der Waals surface area contributed by atoms with Crippen LogP contribution in [0.4, 0.5) is 5.13 Å². The van der Waals surface area contributed by atoms with Crippen LogP contribution in [0, 0.1) is 13.8 Å². The number of carbonyl (C=O) groups excluding carboxylic acids is 1. The number of aromatic nitrogens is 3. The lowest BCUT2D eigenvalue weighted by Crippen LogP contribution is -2.11. The minimum Gasteiger partial charge on any atom is -0.298 e. The highest BCUT2D eigenvalue weighted by atomic mass is 32.1. The molecular weight excluding hydrogens is 296 g/mol. The van der Waals surface area contributed by atoms with Gasteiger partial charge in [0, 0.05) is 22.8 Å². The van der Waals surface area contributed by atoms with Crippen molar-refractivity contribution in [3.63, 3.8) is 0 Å². The highest BCUT2D eigenvalue weighted by Gasteiger charge is 2.10. The summed E-state index contributed by atoms with van der Waals surface area (Å²) in [6, 6.07) is 9.41. The zero-order chi connectivity index (χ0) is 15.5. The van der Waals surface area contributed by atoms with Crippen molar-refractivity contribution in [3.8, 4) is 0 Å². The van der Waals surface area contributed by atoms with Gasteiger partial charge in [0.15, 0.2) is 5.13 Å². The molecule has 3 aromatic rings. The van der Waals surface area contributed by atoms with E-state index in [2.05, 4.69) is 15.4 Å². The molecule has 0 spiro atoms. The van der Waals surface area contributed by atoms with Crippen LogP contribution in [0.5, 0.6) is 0 Å². The molecule has 22 heavy (non-hydrogen) atoms. The highest BCUT2D eigenvalue weighted by molar-refractivity contribution is 7.15. The molecule has 6 heteroatoms. The molecule has 2 aromatic heterocycles. The van der Waals surface area contributed by atoms with Crippen molar-refractivity contribution in [3.05, 3.63) is 64.4 Å². The molecule has 1 N–H and O–H groups in total. The van der Waals surface area contributed by atoms with Crippen LogP contribution in [0.2, 0.25) is 0 Å². The third kappa shape index (κ3) is 3.23. The quantitative estimate of drug-likeness (QED) is 0.804. The number of rotatable bonds is 4. The van der Waals surface area contributed by atoms with Crippen LogP contribution >= 0.6 is 11.3 Å². The van der Waals surface area contributed by atoms with Crippen molar-refractivity contribution in [1.29, 1.82) is 0 Å². The minimum absolute atomic E-state index is 0.139. The monoisotopic (exact) mass is 312 g/mol. The van der Waals surface area contributed by atoms with Gasteiger partial charge in [0.25, 0.3) is 5.91 Å². The van der Waals surface area contributed by atoms with Gasteiger partial charge in [-0.3, -0.25) is 14.8 Å². The molecule has 2 heterocycles. The zero-order valence-corrected chi connectivity index (χ0v) is 13.2. The highest BCUT2D eigenvalue weighted by Crippen LogP contribution is 2.21. The molecule has 0 saturated carbocycles. The molecule has 0 aliphatic rings. The lowest BCUT2D eigenvalue weighted by atomic mass is 10.1. The number of carbonyl (C=O) groups is 1. The minimum atomic E-state index is -0.139. The predicted octanol–water partition coefficient (Wildman–Crippen LogP) is 3.26. The Morgan fingerprint density at radius 2 is 2.05 bits per heavy atom. The molecule has 0 aliphatic heterocycles. The summed E-state index contributed by atoms with van der Waals surface area (Å²) in [5, 5.41) is 7.64. The van der Waals surface area contributed by atoms with E-state index >= 15 is 0 Å². The summed E-state index contributed by atoms with van der Waals surface area (Å²) in [5.74, 6) is -0.139. The van der Waals surface area contributed by atoms with Gasteiger partial charge in [-0.2, -0.15) is 5.10 Å². The van der Waals surface area contributed by atoms with Crippen molar-refractivity contribution in [2.24, 2.45) is 0 Å². The Balaban J connectivity index is 1.68. The van der Waals surface area contributed by atoms with Crippen LogP contribution in [-0.2, 0) is 6.54 Å². The Kier molecular flexibility index (Phi) is 4.02. The predicted molar refractivity (Wildman–Crippen MR) is 87.3 cm³/mol. The molecule has 1 amide bonds. The van der Waals surface area contributed by atoms with Crippen LogP contribution in [0.15, 0.2) is 42.7 Å². The number of nitrogens with zero attached hydrogens (tertiary/aromatic N) is 3. The fourth-order valence-electron chi connectivity index (χ4n) is 2.04. The molecule has 5 nitrogen and oxygen atoms in total. The summed E-state index contributed by atoms with van der Waals surface area (Å²) in [6.07, 6.45) is 3.66. The first kappa shape index (κ1) is 14.5. The Labute approximate surface area is 132 Å². The molecule has 1 aromatic carbocycles. The fourth-order valence-corrected chi connectivity index (χ4v) is 2.85. The molecule has 0 aliphatic carbocycles. The SMILES string of the molecule is Cc1nc(NC(=O)c2ccc(Cn3cccn3)cc2)sc1C. The second kappa shape index (κ2) is 6.11. The molecule has 0 radical (unpaired) electrons. The number of benzene rings is 1. The number of hydrogen-bond donors (Lipinski definition) is 1. The van der Waals surface area contributed by atoms with E-state index in [4.69, 9.17) is 0 Å². The lowest BCUT2D eigenvalue weighted by molar-refractivity contribution is 0.102. The van der Waals surface area contributed by atoms with Crippen LogP contribution in [0.25, 0.3) is 0 Å². The molecule has 3 rings (SSSR count). The maximum absolute atomic E-state index is 12.2. The maximum Gasteiger partial charge on any atom is 0.257 e. The van der Waals surface area contributed by atoms with E-state index in [0.29, 0.717) is 17.2 Å². The van der Waals surface area contributed by atoms with Crippen LogP contribution in [0.3, 0.4) is 0 Å². The van der Waals surface area contributed by atoms with Gasteiger partial charge in [0.2, 0.25) is 0 Å². The Morgan fingerprint density at radius 1 is 1.27 bits per heavy atom. The van der Waals surface area contributed by atoms with E-state index in [0.717, 1.165) is 16.1 Å². The van der Waals surface area contributed by atoms with Gasteiger partial charge in [-0.25, -0.2) is 4.98 Å². The molecule has 112 valence electrons. The summed E-state index contributed by atoms with van der Waals surface area (Å²) < 4.78 is 1.84. The number of hydrogen-bond acceptors (Lipinski definition) is 4. The molecule has 0 bridgehead atoms. The number of amides is 1. The average molecular weight is 312 g/mol. The van der Waals surface area contributed by atoms with E-state index in [1.54, 1.807) is 6.20 Å². The first-order valence-corrected chi connectivity index (χ1v) is 7.75. The zero-order valence-electron chi connectivity index (χ0n) is 12.4. The Morgan fingerprint density at radius 3 is 2.64 bits per heavy atom. The van der Waals surface area contributed by atoms with Crippen LogP contribution in [-0.4, -0.2) is 20.7 Å². The van der Waals surface area contributed by atoms with Crippen molar-refractivity contribution in [1.82, 2.24) is 14.8 Å². The molecule has 0 saturated heterocycles. The number of anilines is 1. The second-order valence-electron chi connectivity index (χ2n) is 5.02. The third-order valence-corrected chi connectivity index (χ3v) is 4.36. The first-order chi connectivity index (χ1) is 10.6. The lowest BCUT2D eigenvalue weighted by Gasteiger charge is -2.04. The van der Waals surface area contributed by atoms with Crippen molar-refractivity contribution >= 4 is 22.4 Å². The molecule has 0 fully saturated rings. The number of aryl methyl sites for hydroxylation is 2. The fraction of sp³-hybridized carbons (Fsp3) is 0.188. The largest absolute Gasteiger partial charge is 0.298 e. The second-order valence-corrected chi connectivity index (χ2v) is 6.22. The van der Waals surface area contributed by atoms with Crippen LogP contribution in [0.1, 0.15) is 26.5 Å². The van der Waals surface area contributed by atoms with Gasteiger partial charge >= 0.3 is 0 Å². The molecular formula is C16H16N4OS. The number of nitrogens with one attached hydrogen (secondary N) is 1. The Bertz CT molecular complexity index is 756. The normalized spacial score (nSPS) is 10.6. The summed E-state index contributed by atoms with van der Waals surface area (Å²) in [4.78, 5) is 17.6. The summed E-state index contributed by atoms with van der Waals surface area (Å²) in [6.45, 7) is 4.62. The standard InChI is InChI=1S/C16H16N4OS/c1-11-12(2)22-16(18-11)19-15(21)14-6-4-13(5-7-14)10-20-9-3-8-17-20/h3-9H,10H2,1-2H3,(H,18,19,21). The van der Waals surface area contributed by atoms with E-state index < -0.39 is 0 Å². The van der Waals surface area contributed by atoms with E-state index in [-0.39, 0.29) is 5.91 Å². The summed E-state index contributed by atoms with van der Waals surface area (Å²) >= 11 is 1.49. The van der Waals surface area contributed by atoms with Crippen LogP contribution < -0.4 is 5.32 Å². The van der Waals surface area contributed by atoms with E-state index in [9.17, 15) is 4.79 Å². The van der Waals surface area contributed by atoms with Gasteiger partial charge in [0.1, 0.15) is 0 Å². The van der Waals surface area contributed by atoms with Gasteiger partial charge in [-0.1, -0.05) is 12.1 Å². The third-order valence-electron chi connectivity index (χ3n) is 3.37. The molecule has 0 atom stereocenters.